The van der Waals surface area contributed by atoms with Gasteiger partial charge in [-0.25, -0.2) is 4.79 Å². The Labute approximate surface area is 207 Å². The van der Waals surface area contributed by atoms with Gasteiger partial charge in [-0.15, -0.1) is 11.3 Å². The minimum atomic E-state index is -0.843. The van der Waals surface area contributed by atoms with E-state index >= 15 is 0 Å². The van der Waals surface area contributed by atoms with Crippen LogP contribution in [0, 0.1) is 11.8 Å². The van der Waals surface area contributed by atoms with Crippen molar-refractivity contribution in [2.24, 2.45) is 11.8 Å². The van der Waals surface area contributed by atoms with Crippen LogP contribution in [0.2, 0.25) is 0 Å². The molecule has 1 aromatic heterocycles. The first-order valence-corrected chi connectivity index (χ1v) is 13.8. The van der Waals surface area contributed by atoms with Crippen LogP contribution in [0.15, 0.2) is 5.38 Å². The van der Waals surface area contributed by atoms with Gasteiger partial charge in [0, 0.05) is 36.4 Å². The number of nitrogens with zero attached hydrogens (tertiary/aromatic N) is 3. The number of carbonyl (C=O) groups excluding carboxylic acids is 3. The molecule has 4 rings (SSSR count). The number of thiophene rings is 1. The van der Waals surface area contributed by atoms with Gasteiger partial charge in [0.25, 0.3) is 11.8 Å². The number of imide groups is 1. The summed E-state index contributed by atoms with van der Waals surface area (Å²) < 4.78 is 0. The molecule has 2 fully saturated rings. The number of fused-ring (bicyclic) bond motifs is 1. The highest BCUT2D eigenvalue weighted by Gasteiger charge is 2.55. The lowest BCUT2D eigenvalue weighted by Gasteiger charge is -2.41. The Morgan fingerprint density at radius 3 is 2.59 bits per heavy atom. The van der Waals surface area contributed by atoms with E-state index in [1.165, 1.54) is 21.8 Å². The Bertz CT molecular complexity index is 919. The SMILES string of the molecule is CC(C)CC[C@@]1(C2CCN(C(=O)c3csc4c3CCCC4)CC2)NC(=O)N(CCN(C)C)C1=O. The number of hydrogen-bond acceptors (Lipinski definition) is 5. The van der Waals surface area contributed by atoms with Crippen molar-refractivity contribution in [3.05, 3.63) is 21.4 Å². The molecule has 2 saturated heterocycles. The van der Waals surface area contributed by atoms with Gasteiger partial charge in [0.1, 0.15) is 5.54 Å². The number of carbonyl (C=O) groups is 3. The number of aryl methyl sites for hydroxylation is 1. The Morgan fingerprint density at radius 2 is 1.91 bits per heavy atom. The van der Waals surface area contributed by atoms with Gasteiger partial charge in [-0.3, -0.25) is 14.5 Å². The Kier molecular flexibility index (Phi) is 7.67. The van der Waals surface area contributed by atoms with Gasteiger partial charge >= 0.3 is 6.03 Å². The fourth-order valence-corrected chi connectivity index (χ4v) is 6.85. The normalized spacial score (nSPS) is 23.7. The number of amides is 4. The first-order chi connectivity index (χ1) is 16.2. The molecular formula is C26H40N4O3S. The van der Waals surface area contributed by atoms with Crippen LogP contribution in [0.3, 0.4) is 0 Å². The molecule has 1 atom stereocenters. The summed E-state index contributed by atoms with van der Waals surface area (Å²) in [5.74, 6) is 0.566. The van der Waals surface area contributed by atoms with Crippen LogP contribution in [0.25, 0.3) is 0 Å². The van der Waals surface area contributed by atoms with Crippen molar-refractivity contribution in [2.45, 2.75) is 70.8 Å². The second-order valence-electron chi connectivity index (χ2n) is 10.9. The van der Waals surface area contributed by atoms with E-state index in [2.05, 4.69) is 24.5 Å². The fourth-order valence-electron chi connectivity index (χ4n) is 5.73. The predicted octanol–water partition coefficient (Wildman–Crippen LogP) is 3.77. The highest BCUT2D eigenvalue weighted by molar-refractivity contribution is 7.10. The van der Waals surface area contributed by atoms with Crippen LogP contribution in [-0.2, 0) is 17.6 Å². The minimum absolute atomic E-state index is 0.0486. The topological polar surface area (TPSA) is 73.0 Å². The number of rotatable bonds is 8. The van der Waals surface area contributed by atoms with E-state index < -0.39 is 5.54 Å². The maximum Gasteiger partial charge on any atom is 0.325 e. The second kappa shape index (κ2) is 10.4. The third-order valence-corrected chi connectivity index (χ3v) is 8.95. The van der Waals surface area contributed by atoms with Gasteiger partial charge in [-0.1, -0.05) is 13.8 Å². The van der Waals surface area contributed by atoms with Gasteiger partial charge in [-0.05, 0) is 82.9 Å². The zero-order valence-corrected chi connectivity index (χ0v) is 22.0. The summed E-state index contributed by atoms with van der Waals surface area (Å²) >= 11 is 1.73. The van der Waals surface area contributed by atoms with E-state index in [0.717, 1.165) is 44.1 Å². The molecule has 0 radical (unpaired) electrons. The monoisotopic (exact) mass is 488 g/mol. The van der Waals surface area contributed by atoms with E-state index in [1.54, 1.807) is 11.3 Å². The number of nitrogens with one attached hydrogen (secondary N) is 1. The van der Waals surface area contributed by atoms with Gasteiger partial charge in [0.2, 0.25) is 0 Å². The van der Waals surface area contributed by atoms with Gasteiger partial charge in [-0.2, -0.15) is 0 Å². The number of piperidine rings is 1. The lowest BCUT2D eigenvalue weighted by Crippen LogP contribution is -2.56. The standard InChI is InChI=1S/C26H40N4O3S/c1-18(2)9-12-26(24(32)30(25(33)27-26)16-15-28(3)4)19-10-13-29(14-11-19)23(31)21-17-34-22-8-6-5-7-20(21)22/h17-19H,5-16H2,1-4H3,(H,27,33)/t26-/m0/s1. The van der Waals surface area contributed by atoms with E-state index in [4.69, 9.17) is 0 Å². The van der Waals surface area contributed by atoms with E-state index in [1.807, 2.05) is 23.9 Å². The van der Waals surface area contributed by atoms with Crippen LogP contribution < -0.4 is 5.32 Å². The quantitative estimate of drug-likeness (QED) is 0.566. The first-order valence-electron chi connectivity index (χ1n) is 12.9. The molecule has 0 bridgehead atoms. The second-order valence-corrected chi connectivity index (χ2v) is 11.9. The highest BCUT2D eigenvalue weighted by atomic mass is 32.1. The number of hydrogen-bond donors (Lipinski definition) is 1. The molecule has 3 heterocycles. The Balaban J connectivity index is 1.47. The maximum absolute atomic E-state index is 13.7. The summed E-state index contributed by atoms with van der Waals surface area (Å²) in [6.45, 7) is 6.64. The molecule has 34 heavy (non-hydrogen) atoms. The van der Waals surface area contributed by atoms with Crippen molar-refractivity contribution in [1.29, 1.82) is 0 Å². The summed E-state index contributed by atoms with van der Waals surface area (Å²) in [6.07, 6.45) is 7.51. The third kappa shape index (κ3) is 4.89. The highest BCUT2D eigenvalue weighted by Crippen LogP contribution is 2.39. The molecule has 0 saturated carbocycles. The van der Waals surface area contributed by atoms with Crippen molar-refractivity contribution in [3.63, 3.8) is 0 Å². The van der Waals surface area contributed by atoms with Crippen molar-refractivity contribution in [1.82, 2.24) is 20.0 Å². The molecule has 0 spiro atoms. The van der Waals surface area contributed by atoms with E-state index in [-0.39, 0.29) is 23.8 Å². The lowest BCUT2D eigenvalue weighted by atomic mass is 9.73. The number of likely N-dealkylation sites (tertiary alicyclic amines) is 1. The van der Waals surface area contributed by atoms with Gasteiger partial charge < -0.3 is 15.1 Å². The molecule has 2 aliphatic heterocycles. The third-order valence-electron chi connectivity index (χ3n) is 7.86. The number of urea groups is 1. The summed E-state index contributed by atoms with van der Waals surface area (Å²) in [4.78, 5) is 46.7. The molecule has 1 N–H and O–H groups in total. The molecule has 1 aromatic rings. The molecule has 3 aliphatic rings. The lowest BCUT2D eigenvalue weighted by molar-refractivity contribution is -0.134. The summed E-state index contributed by atoms with van der Waals surface area (Å²) in [5, 5.41) is 5.20. The van der Waals surface area contributed by atoms with Crippen LogP contribution >= 0.6 is 11.3 Å². The first kappa shape index (κ1) is 25.2. The Morgan fingerprint density at radius 1 is 1.21 bits per heavy atom. The zero-order valence-electron chi connectivity index (χ0n) is 21.2. The number of likely N-dealkylation sites (N-methyl/N-ethyl adjacent to an activating group) is 1. The van der Waals surface area contributed by atoms with Crippen molar-refractivity contribution in [2.75, 3.05) is 40.3 Å². The summed E-state index contributed by atoms with van der Waals surface area (Å²) in [6, 6.07) is -0.265. The van der Waals surface area contributed by atoms with Crippen molar-refractivity contribution in [3.8, 4) is 0 Å². The molecule has 4 amide bonds. The average Bonchev–Trinajstić information content (AvgIpc) is 3.35. The van der Waals surface area contributed by atoms with Gasteiger partial charge in [0.15, 0.2) is 0 Å². The molecule has 8 heteroatoms. The minimum Gasteiger partial charge on any atom is -0.339 e. The predicted molar refractivity (Wildman–Crippen MR) is 135 cm³/mol. The van der Waals surface area contributed by atoms with E-state index in [9.17, 15) is 14.4 Å². The molecule has 7 nitrogen and oxygen atoms in total. The average molecular weight is 489 g/mol. The van der Waals surface area contributed by atoms with Crippen LogP contribution in [0.4, 0.5) is 4.79 Å². The Hall–Kier alpha value is -1.93. The molecule has 188 valence electrons. The summed E-state index contributed by atoms with van der Waals surface area (Å²) in [7, 11) is 3.89. The fraction of sp³-hybridized carbons (Fsp3) is 0.731. The maximum atomic E-state index is 13.7. The molecule has 0 aromatic carbocycles. The molecular weight excluding hydrogens is 448 g/mol. The van der Waals surface area contributed by atoms with E-state index in [0.29, 0.717) is 38.5 Å². The van der Waals surface area contributed by atoms with Crippen LogP contribution in [0.5, 0.6) is 0 Å². The van der Waals surface area contributed by atoms with Gasteiger partial charge in [0.05, 0.1) is 5.56 Å². The van der Waals surface area contributed by atoms with Crippen LogP contribution in [-0.4, -0.2) is 78.4 Å². The largest absolute Gasteiger partial charge is 0.339 e. The van der Waals surface area contributed by atoms with Crippen molar-refractivity contribution >= 4 is 29.2 Å². The molecule has 0 unspecified atom stereocenters. The zero-order chi connectivity index (χ0) is 24.5. The van der Waals surface area contributed by atoms with Crippen molar-refractivity contribution < 1.29 is 14.4 Å². The summed E-state index contributed by atoms with van der Waals surface area (Å²) in [5.41, 5.74) is 1.32. The smallest absolute Gasteiger partial charge is 0.325 e. The van der Waals surface area contributed by atoms with Crippen LogP contribution in [0.1, 0.15) is 73.2 Å². The molecule has 1 aliphatic carbocycles.